The fourth-order valence-corrected chi connectivity index (χ4v) is 3.85. The summed E-state index contributed by atoms with van der Waals surface area (Å²) in [4.78, 5) is 15.7. The molecule has 0 aliphatic heterocycles. The van der Waals surface area contributed by atoms with E-state index in [0.717, 1.165) is 38.8 Å². The largest absolute Gasteiger partial charge is 0.480 e. The van der Waals surface area contributed by atoms with Crippen molar-refractivity contribution < 1.29 is 9.90 Å². The molecular formula is C17H13N3O2S2. The molecule has 3 aromatic rings. The summed E-state index contributed by atoms with van der Waals surface area (Å²) in [5, 5.41) is 9.43. The number of fused-ring (bicyclic) bond motifs is 1. The van der Waals surface area contributed by atoms with Gasteiger partial charge in [0.2, 0.25) is 0 Å². The van der Waals surface area contributed by atoms with Crippen LogP contribution in [0.15, 0.2) is 41.3 Å². The number of benzene rings is 2. The van der Waals surface area contributed by atoms with Crippen LogP contribution in [-0.2, 0) is 4.79 Å². The van der Waals surface area contributed by atoms with Gasteiger partial charge in [-0.25, -0.2) is 4.85 Å². The Balaban J connectivity index is 2.19. The minimum atomic E-state index is -0.970. The van der Waals surface area contributed by atoms with E-state index >= 15 is 0 Å². The predicted octanol–water partition coefficient (Wildman–Crippen LogP) is 4.86. The van der Waals surface area contributed by atoms with Crippen molar-refractivity contribution in [3.63, 3.8) is 0 Å². The second kappa shape index (κ2) is 6.23. The maximum atomic E-state index is 11.5. The maximum Gasteiger partial charge on any atom is 0.319 e. The van der Waals surface area contributed by atoms with Crippen molar-refractivity contribution in [1.29, 1.82) is 0 Å². The summed E-state index contributed by atoms with van der Waals surface area (Å²) < 4.78 is 7.68. The topological polar surface area (TPSA) is 67.4 Å². The first-order valence-electron chi connectivity index (χ1n) is 7.08. The summed E-state index contributed by atoms with van der Waals surface area (Å²) in [6.07, 6.45) is 0. The molecule has 0 unspecified atom stereocenters. The molecular weight excluding hydrogens is 342 g/mol. The smallest absolute Gasteiger partial charge is 0.319 e. The molecule has 1 N–H and O–H groups in total. The number of thioether (sulfide) groups is 1. The number of carboxylic acid groups (broad SMARTS) is 1. The minimum absolute atomic E-state index is 0.558. The Morgan fingerprint density at radius 2 is 1.92 bits per heavy atom. The quantitative estimate of drug-likeness (QED) is 0.534. The summed E-state index contributed by atoms with van der Waals surface area (Å²) in [5.41, 5.74) is 3.84. The molecule has 1 aromatic heterocycles. The van der Waals surface area contributed by atoms with Crippen LogP contribution in [-0.4, -0.2) is 24.6 Å². The molecule has 0 radical (unpaired) electrons. The van der Waals surface area contributed by atoms with Crippen molar-refractivity contribution in [2.24, 2.45) is 0 Å². The molecule has 3 rings (SSSR count). The van der Waals surface area contributed by atoms with E-state index in [-0.39, 0.29) is 0 Å². The fraction of sp³-hybridized carbons (Fsp3) is 0.176. The lowest BCUT2D eigenvalue weighted by molar-refractivity contribution is -0.138. The van der Waals surface area contributed by atoms with E-state index in [2.05, 4.69) is 13.6 Å². The maximum absolute atomic E-state index is 11.5. The zero-order valence-corrected chi connectivity index (χ0v) is 14.6. The zero-order chi connectivity index (χ0) is 17.3. The van der Waals surface area contributed by atoms with Gasteiger partial charge in [-0.1, -0.05) is 24.3 Å². The lowest BCUT2D eigenvalue weighted by Crippen LogP contribution is -2.27. The lowest BCUT2D eigenvalue weighted by atomic mass is 10.0. The SMILES string of the molecule is [C-]#[N+]c1ccc(-c2c(SC(C)(C)C(=O)O)ccc3nsnc23)cc1. The van der Waals surface area contributed by atoms with Crippen molar-refractivity contribution in [3.8, 4) is 11.1 Å². The van der Waals surface area contributed by atoms with Crippen molar-refractivity contribution in [3.05, 3.63) is 47.8 Å². The Hall–Kier alpha value is -2.43. The predicted molar refractivity (Wildman–Crippen MR) is 96.7 cm³/mol. The third-order valence-electron chi connectivity index (χ3n) is 3.55. The van der Waals surface area contributed by atoms with E-state index in [1.165, 1.54) is 11.8 Å². The first kappa shape index (κ1) is 16.4. The van der Waals surface area contributed by atoms with Gasteiger partial charge in [0.15, 0.2) is 5.69 Å². The molecule has 0 fully saturated rings. The van der Waals surface area contributed by atoms with Crippen molar-refractivity contribution in [1.82, 2.24) is 8.75 Å². The number of carbonyl (C=O) groups is 1. The van der Waals surface area contributed by atoms with Crippen molar-refractivity contribution >= 4 is 46.2 Å². The molecule has 5 nitrogen and oxygen atoms in total. The average Bonchev–Trinajstić information content (AvgIpc) is 3.03. The number of aliphatic carboxylic acids is 1. The Labute approximate surface area is 147 Å². The third kappa shape index (κ3) is 2.98. The van der Waals surface area contributed by atoms with E-state index < -0.39 is 10.7 Å². The molecule has 7 heteroatoms. The Morgan fingerprint density at radius 1 is 1.21 bits per heavy atom. The van der Waals surface area contributed by atoms with Crippen LogP contribution in [0.5, 0.6) is 0 Å². The monoisotopic (exact) mass is 355 g/mol. The van der Waals surface area contributed by atoms with Crippen LogP contribution in [0, 0.1) is 6.57 Å². The highest BCUT2D eigenvalue weighted by Crippen LogP contribution is 2.42. The molecule has 0 amide bonds. The number of rotatable bonds is 4. The standard InChI is InChI=1S/C17H13N3O2S2/c1-17(2,16(21)22)23-13-9-8-12-15(20-24-19-12)14(13)10-4-6-11(18-3)7-5-10/h4-9H,1-2H3,(H,21,22). The van der Waals surface area contributed by atoms with E-state index in [9.17, 15) is 9.90 Å². The summed E-state index contributed by atoms with van der Waals surface area (Å²) in [6.45, 7) is 10.4. The molecule has 120 valence electrons. The normalized spacial score (nSPS) is 11.4. The van der Waals surface area contributed by atoms with Gasteiger partial charge in [0.1, 0.15) is 15.8 Å². The second-order valence-electron chi connectivity index (χ2n) is 5.65. The average molecular weight is 355 g/mol. The van der Waals surface area contributed by atoms with Gasteiger partial charge in [-0.05, 0) is 31.5 Å². The molecule has 0 aliphatic carbocycles. The molecule has 0 spiro atoms. The summed E-state index contributed by atoms with van der Waals surface area (Å²) in [5.74, 6) is -0.877. The molecule has 24 heavy (non-hydrogen) atoms. The van der Waals surface area contributed by atoms with Gasteiger partial charge in [-0.2, -0.15) is 8.75 Å². The number of hydrogen-bond acceptors (Lipinski definition) is 5. The first-order chi connectivity index (χ1) is 11.4. The van der Waals surface area contributed by atoms with Crippen LogP contribution < -0.4 is 0 Å². The van der Waals surface area contributed by atoms with Gasteiger partial charge in [-0.15, -0.1) is 11.8 Å². The Kier molecular flexibility index (Phi) is 4.26. The molecule has 1 heterocycles. The number of carboxylic acids is 1. The van der Waals surface area contributed by atoms with E-state index in [1.807, 2.05) is 24.3 Å². The molecule has 0 saturated heterocycles. The Morgan fingerprint density at radius 3 is 2.54 bits per heavy atom. The van der Waals surface area contributed by atoms with Crippen LogP contribution in [0.3, 0.4) is 0 Å². The van der Waals surface area contributed by atoms with Gasteiger partial charge >= 0.3 is 5.97 Å². The van der Waals surface area contributed by atoms with Crippen molar-refractivity contribution in [2.75, 3.05) is 0 Å². The van der Waals surface area contributed by atoms with Crippen LogP contribution in [0.1, 0.15) is 13.8 Å². The fourth-order valence-electron chi connectivity index (χ4n) is 2.22. The van der Waals surface area contributed by atoms with Gasteiger partial charge in [-0.3, -0.25) is 4.79 Å². The van der Waals surface area contributed by atoms with Gasteiger partial charge < -0.3 is 5.11 Å². The van der Waals surface area contributed by atoms with Crippen molar-refractivity contribution in [2.45, 2.75) is 23.5 Å². The van der Waals surface area contributed by atoms with E-state index in [4.69, 9.17) is 6.57 Å². The summed E-state index contributed by atoms with van der Waals surface area (Å²) >= 11 is 2.41. The third-order valence-corrected chi connectivity index (χ3v) is 5.34. The molecule has 0 bridgehead atoms. The van der Waals surface area contributed by atoms with E-state index in [1.54, 1.807) is 26.0 Å². The highest BCUT2D eigenvalue weighted by atomic mass is 32.2. The van der Waals surface area contributed by atoms with Gasteiger partial charge in [0.05, 0.1) is 18.3 Å². The highest BCUT2D eigenvalue weighted by Gasteiger charge is 2.30. The first-order valence-corrected chi connectivity index (χ1v) is 8.62. The molecule has 0 saturated carbocycles. The Bertz CT molecular complexity index is 956. The summed E-state index contributed by atoms with van der Waals surface area (Å²) in [6, 6.07) is 11.0. The van der Waals surface area contributed by atoms with Gasteiger partial charge in [0.25, 0.3) is 0 Å². The molecule has 2 aromatic carbocycles. The van der Waals surface area contributed by atoms with Gasteiger partial charge in [0, 0.05) is 10.5 Å². The van der Waals surface area contributed by atoms with Crippen LogP contribution in [0.2, 0.25) is 0 Å². The molecule has 0 aliphatic rings. The zero-order valence-electron chi connectivity index (χ0n) is 13.0. The molecule has 0 atom stereocenters. The highest BCUT2D eigenvalue weighted by molar-refractivity contribution is 8.01. The van der Waals surface area contributed by atoms with Crippen LogP contribution in [0.25, 0.3) is 27.0 Å². The summed E-state index contributed by atoms with van der Waals surface area (Å²) in [7, 11) is 0. The number of nitrogens with zero attached hydrogens (tertiary/aromatic N) is 3. The lowest BCUT2D eigenvalue weighted by Gasteiger charge is -2.20. The van der Waals surface area contributed by atoms with Crippen LogP contribution in [0.4, 0.5) is 5.69 Å². The van der Waals surface area contributed by atoms with E-state index in [0.29, 0.717) is 5.69 Å². The number of aromatic nitrogens is 2. The van der Waals surface area contributed by atoms with Crippen LogP contribution >= 0.6 is 23.5 Å². The number of hydrogen-bond donors (Lipinski definition) is 1. The second-order valence-corrected chi connectivity index (χ2v) is 7.84. The minimum Gasteiger partial charge on any atom is -0.480 e.